The predicted molar refractivity (Wildman–Crippen MR) is 63.6 cm³/mol. The molecule has 0 heterocycles. The third kappa shape index (κ3) is 7.33. The van der Waals surface area contributed by atoms with Crippen molar-refractivity contribution in [3.8, 4) is 0 Å². The van der Waals surface area contributed by atoms with Crippen molar-refractivity contribution < 1.29 is 4.79 Å². The van der Waals surface area contributed by atoms with Crippen molar-refractivity contribution in [2.45, 2.75) is 27.2 Å². The number of nitrogens with two attached hydrogens (primary N) is 1. The molecule has 0 fully saturated rings. The molecule has 0 rings (SSSR count). The van der Waals surface area contributed by atoms with Gasteiger partial charge in [-0.25, -0.2) is 0 Å². The van der Waals surface area contributed by atoms with Crippen LogP contribution in [0.3, 0.4) is 0 Å². The molecule has 0 aliphatic carbocycles. The lowest BCUT2D eigenvalue weighted by atomic mass is 10.1. The van der Waals surface area contributed by atoms with Gasteiger partial charge in [-0.1, -0.05) is 20.8 Å². The topological polar surface area (TPSA) is 58.4 Å². The highest BCUT2D eigenvalue weighted by molar-refractivity contribution is 5.76. The van der Waals surface area contributed by atoms with E-state index in [2.05, 4.69) is 24.1 Å². The summed E-state index contributed by atoms with van der Waals surface area (Å²) in [5.74, 6) is 0.388. The second-order valence-electron chi connectivity index (χ2n) is 3.92. The first kappa shape index (κ1) is 14.4. The molecule has 0 saturated heterocycles. The van der Waals surface area contributed by atoms with E-state index in [0.717, 1.165) is 26.2 Å². The van der Waals surface area contributed by atoms with E-state index in [4.69, 9.17) is 5.73 Å². The molecule has 0 spiro atoms. The minimum atomic E-state index is 0.111. The number of likely N-dealkylation sites (N-methyl/N-ethyl adjacent to an activating group) is 1. The summed E-state index contributed by atoms with van der Waals surface area (Å²) in [7, 11) is 0. The molecule has 0 aliphatic rings. The van der Waals surface area contributed by atoms with Crippen LogP contribution in [0.4, 0.5) is 0 Å². The SMILES string of the molecule is CCN(CC)CCNC(=O)CC(C)CN. The van der Waals surface area contributed by atoms with E-state index >= 15 is 0 Å². The van der Waals surface area contributed by atoms with Gasteiger partial charge in [-0.2, -0.15) is 0 Å². The van der Waals surface area contributed by atoms with Gasteiger partial charge in [-0.05, 0) is 25.6 Å². The minimum Gasteiger partial charge on any atom is -0.355 e. The Bertz CT molecular complexity index is 169. The lowest BCUT2D eigenvalue weighted by Crippen LogP contribution is -2.35. The molecule has 0 saturated carbocycles. The molecule has 90 valence electrons. The number of rotatable bonds is 8. The summed E-state index contributed by atoms with van der Waals surface area (Å²) >= 11 is 0. The van der Waals surface area contributed by atoms with Crippen LogP contribution in [0.15, 0.2) is 0 Å². The van der Waals surface area contributed by atoms with Crippen LogP contribution in [-0.2, 0) is 4.79 Å². The Morgan fingerprint density at radius 2 is 2.00 bits per heavy atom. The Hall–Kier alpha value is -0.610. The molecule has 0 aromatic rings. The van der Waals surface area contributed by atoms with Crippen molar-refractivity contribution in [1.82, 2.24) is 10.2 Å². The summed E-state index contributed by atoms with van der Waals surface area (Å²) in [5.41, 5.74) is 5.45. The maximum atomic E-state index is 11.4. The fourth-order valence-corrected chi connectivity index (χ4v) is 1.37. The Morgan fingerprint density at radius 1 is 1.40 bits per heavy atom. The van der Waals surface area contributed by atoms with Crippen LogP contribution in [0, 0.1) is 5.92 Å². The lowest BCUT2D eigenvalue weighted by Gasteiger charge is -2.18. The summed E-state index contributed by atoms with van der Waals surface area (Å²) in [6.07, 6.45) is 0.536. The Morgan fingerprint density at radius 3 is 2.47 bits per heavy atom. The maximum Gasteiger partial charge on any atom is 0.220 e. The highest BCUT2D eigenvalue weighted by Gasteiger charge is 2.07. The molecule has 15 heavy (non-hydrogen) atoms. The number of nitrogens with zero attached hydrogens (tertiary/aromatic N) is 1. The highest BCUT2D eigenvalue weighted by atomic mass is 16.1. The largest absolute Gasteiger partial charge is 0.355 e. The van der Waals surface area contributed by atoms with E-state index in [1.54, 1.807) is 0 Å². The van der Waals surface area contributed by atoms with Gasteiger partial charge in [0.15, 0.2) is 0 Å². The van der Waals surface area contributed by atoms with Crippen molar-refractivity contribution in [2.24, 2.45) is 11.7 Å². The first-order valence-corrected chi connectivity index (χ1v) is 5.83. The molecule has 1 atom stereocenters. The average molecular weight is 215 g/mol. The highest BCUT2D eigenvalue weighted by Crippen LogP contribution is 1.97. The normalized spacial score (nSPS) is 12.9. The summed E-state index contributed by atoms with van der Waals surface area (Å²) in [4.78, 5) is 13.7. The van der Waals surface area contributed by atoms with Crippen LogP contribution in [-0.4, -0.2) is 43.5 Å². The summed E-state index contributed by atoms with van der Waals surface area (Å²) < 4.78 is 0. The van der Waals surface area contributed by atoms with Crippen LogP contribution in [0.5, 0.6) is 0 Å². The van der Waals surface area contributed by atoms with Gasteiger partial charge >= 0.3 is 0 Å². The third-order valence-corrected chi connectivity index (χ3v) is 2.58. The van der Waals surface area contributed by atoms with Crippen molar-refractivity contribution >= 4 is 5.91 Å². The van der Waals surface area contributed by atoms with Crippen molar-refractivity contribution in [1.29, 1.82) is 0 Å². The second kappa shape index (κ2) is 8.68. The standard InChI is InChI=1S/C11H25N3O/c1-4-14(5-2)7-6-13-11(15)8-10(3)9-12/h10H,4-9,12H2,1-3H3,(H,13,15). The molecule has 0 radical (unpaired) electrons. The molecule has 1 amide bonds. The fourth-order valence-electron chi connectivity index (χ4n) is 1.37. The minimum absolute atomic E-state index is 0.111. The van der Waals surface area contributed by atoms with Gasteiger partial charge in [-0.3, -0.25) is 4.79 Å². The third-order valence-electron chi connectivity index (χ3n) is 2.58. The first-order chi connectivity index (χ1) is 7.13. The Kier molecular flexibility index (Phi) is 8.33. The van der Waals surface area contributed by atoms with Gasteiger partial charge < -0.3 is 16.0 Å². The smallest absolute Gasteiger partial charge is 0.220 e. The molecular weight excluding hydrogens is 190 g/mol. The molecule has 0 bridgehead atoms. The lowest BCUT2D eigenvalue weighted by molar-refractivity contribution is -0.121. The van der Waals surface area contributed by atoms with Crippen molar-refractivity contribution in [3.05, 3.63) is 0 Å². The zero-order chi connectivity index (χ0) is 11.7. The maximum absolute atomic E-state index is 11.4. The Balaban J connectivity index is 3.54. The number of hydrogen-bond donors (Lipinski definition) is 2. The zero-order valence-electron chi connectivity index (χ0n) is 10.3. The van der Waals surface area contributed by atoms with E-state index in [9.17, 15) is 4.79 Å². The summed E-state index contributed by atoms with van der Waals surface area (Å²) in [6.45, 7) is 10.5. The van der Waals surface area contributed by atoms with Crippen molar-refractivity contribution in [3.63, 3.8) is 0 Å². The van der Waals surface area contributed by atoms with Gasteiger partial charge in [0.1, 0.15) is 0 Å². The van der Waals surface area contributed by atoms with E-state index in [0.29, 0.717) is 13.0 Å². The van der Waals surface area contributed by atoms with E-state index in [-0.39, 0.29) is 11.8 Å². The number of amides is 1. The monoisotopic (exact) mass is 215 g/mol. The van der Waals surface area contributed by atoms with Gasteiger partial charge in [-0.15, -0.1) is 0 Å². The van der Waals surface area contributed by atoms with E-state index in [1.165, 1.54) is 0 Å². The van der Waals surface area contributed by atoms with Gasteiger partial charge in [0, 0.05) is 19.5 Å². The van der Waals surface area contributed by atoms with E-state index in [1.807, 2.05) is 6.92 Å². The number of nitrogens with one attached hydrogen (secondary N) is 1. The summed E-state index contributed by atoms with van der Waals surface area (Å²) in [6, 6.07) is 0. The second-order valence-corrected chi connectivity index (χ2v) is 3.92. The quantitative estimate of drug-likeness (QED) is 0.617. The fraction of sp³-hybridized carbons (Fsp3) is 0.909. The van der Waals surface area contributed by atoms with E-state index < -0.39 is 0 Å². The van der Waals surface area contributed by atoms with Gasteiger partial charge in [0.2, 0.25) is 5.91 Å². The van der Waals surface area contributed by atoms with Crippen LogP contribution < -0.4 is 11.1 Å². The van der Waals surface area contributed by atoms with Gasteiger partial charge in [0.25, 0.3) is 0 Å². The molecule has 0 aromatic carbocycles. The van der Waals surface area contributed by atoms with Crippen LogP contribution in [0.25, 0.3) is 0 Å². The molecule has 1 unspecified atom stereocenters. The Labute approximate surface area is 93.2 Å². The van der Waals surface area contributed by atoms with Crippen LogP contribution in [0.2, 0.25) is 0 Å². The van der Waals surface area contributed by atoms with Crippen LogP contribution in [0.1, 0.15) is 27.2 Å². The number of hydrogen-bond acceptors (Lipinski definition) is 3. The average Bonchev–Trinajstić information content (AvgIpc) is 2.24. The molecule has 4 nitrogen and oxygen atoms in total. The number of carbonyl (C=O) groups excluding carboxylic acids is 1. The molecule has 3 N–H and O–H groups in total. The molecule has 4 heteroatoms. The summed E-state index contributed by atoms with van der Waals surface area (Å²) in [5, 5.41) is 2.91. The van der Waals surface area contributed by atoms with Gasteiger partial charge in [0.05, 0.1) is 0 Å². The molecule has 0 aromatic heterocycles. The zero-order valence-corrected chi connectivity index (χ0v) is 10.3. The predicted octanol–water partition coefficient (Wildman–Crippen LogP) is 0.429. The van der Waals surface area contributed by atoms with Crippen molar-refractivity contribution in [2.75, 3.05) is 32.7 Å². The molecular formula is C11H25N3O. The molecule has 0 aliphatic heterocycles. The number of carbonyl (C=O) groups is 1. The first-order valence-electron chi connectivity index (χ1n) is 5.83. The van der Waals surface area contributed by atoms with Crippen LogP contribution >= 0.6 is 0 Å².